The largest absolute Gasteiger partial charge is 0.494 e. The van der Waals surface area contributed by atoms with Crippen LogP contribution in [0.4, 0.5) is 22.2 Å². The van der Waals surface area contributed by atoms with Crippen molar-refractivity contribution in [3.8, 4) is 10.8 Å². The summed E-state index contributed by atoms with van der Waals surface area (Å²) in [6, 6.07) is 15.1. The quantitative estimate of drug-likeness (QED) is 0.131. The molecule has 0 N–H and O–H groups in total. The molecule has 0 saturated carbocycles. The number of unbranched alkanes of at least 4 members (excludes halogenated alkanes) is 4. The van der Waals surface area contributed by atoms with Crippen molar-refractivity contribution in [1.82, 2.24) is 4.98 Å². The Labute approximate surface area is 225 Å². The molecule has 1 unspecified atom stereocenters. The first kappa shape index (κ1) is 28.4. The maximum Gasteiger partial charge on any atom is 0.233 e. The van der Waals surface area contributed by atoms with Crippen LogP contribution in [0.3, 0.4) is 0 Å². The summed E-state index contributed by atoms with van der Waals surface area (Å²) in [6.45, 7) is 8.20. The molecule has 0 fully saturated rings. The lowest BCUT2D eigenvalue weighted by Crippen LogP contribution is -1.98. The molecule has 1 heterocycles. The summed E-state index contributed by atoms with van der Waals surface area (Å²) in [6.07, 6.45) is 11.2. The number of rotatable bonds is 17. The van der Waals surface area contributed by atoms with Crippen LogP contribution in [0.2, 0.25) is 0 Å². The van der Waals surface area contributed by atoms with Crippen LogP contribution in [-0.2, 0) is 0 Å². The first-order valence-electron chi connectivity index (χ1n) is 13.4. The van der Waals surface area contributed by atoms with Crippen molar-refractivity contribution in [2.45, 2.75) is 72.1 Å². The monoisotopic (exact) mass is 521 g/mol. The zero-order valence-electron chi connectivity index (χ0n) is 22.3. The molecule has 0 saturated heterocycles. The van der Waals surface area contributed by atoms with Crippen LogP contribution in [0.5, 0.6) is 10.8 Å². The zero-order valence-corrected chi connectivity index (χ0v) is 23.1. The molecule has 8 heteroatoms. The molecule has 0 aliphatic heterocycles. The van der Waals surface area contributed by atoms with E-state index in [0.717, 1.165) is 53.2 Å². The third-order valence-corrected chi connectivity index (χ3v) is 6.78. The molecule has 0 radical (unpaired) electrons. The molecule has 1 atom stereocenters. The number of hydrogen-bond acceptors (Lipinski definition) is 8. The smallest absolute Gasteiger partial charge is 0.233 e. The van der Waals surface area contributed by atoms with Crippen LogP contribution in [0, 0.1) is 5.92 Å². The standard InChI is InChI=1S/C29H39N5O2S/c1-4-6-7-9-20-35-27-18-16-26(17-19-27)32-31-24-12-14-25(15-13-24)33-34-29-30-22-28(37-29)36-21-10-8-11-23(3)5-2/h12-19,22-23H,4-11,20-21H2,1-3H3. The highest BCUT2D eigenvalue weighted by molar-refractivity contribution is 7.17. The van der Waals surface area contributed by atoms with E-state index in [2.05, 4.69) is 46.2 Å². The molecule has 198 valence electrons. The van der Waals surface area contributed by atoms with E-state index >= 15 is 0 Å². The Hall–Kier alpha value is -3.13. The van der Waals surface area contributed by atoms with Crippen molar-refractivity contribution >= 4 is 33.5 Å². The van der Waals surface area contributed by atoms with Crippen molar-refractivity contribution in [2.75, 3.05) is 13.2 Å². The molecule has 7 nitrogen and oxygen atoms in total. The fourth-order valence-electron chi connectivity index (χ4n) is 3.47. The number of thiazole rings is 1. The van der Waals surface area contributed by atoms with Gasteiger partial charge in [0, 0.05) is 0 Å². The average Bonchev–Trinajstić information content (AvgIpc) is 3.39. The fourth-order valence-corrected chi connectivity index (χ4v) is 4.08. The molecule has 0 aliphatic rings. The van der Waals surface area contributed by atoms with Gasteiger partial charge in [-0.15, -0.1) is 10.2 Å². The normalized spacial score (nSPS) is 12.4. The van der Waals surface area contributed by atoms with Gasteiger partial charge in [-0.05, 0) is 73.7 Å². The summed E-state index contributed by atoms with van der Waals surface area (Å²) in [7, 11) is 0. The van der Waals surface area contributed by atoms with Gasteiger partial charge in [-0.2, -0.15) is 10.2 Å². The van der Waals surface area contributed by atoms with Crippen LogP contribution in [0.15, 0.2) is 75.2 Å². The lowest BCUT2D eigenvalue weighted by molar-refractivity contribution is 0.305. The summed E-state index contributed by atoms with van der Waals surface area (Å²) in [5, 5.41) is 18.5. The first-order valence-corrected chi connectivity index (χ1v) is 14.2. The Morgan fingerprint density at radius 1 is 0.730 bits per heavy atom. The Morgan fingerprint density at radius 2 is 1.32 bits per heavy atom. The van der Waals surface area contributed by atoms with E-state index in [1.54, 1.807) is 6.20 Å². The van der Waals surface area contributed by atoms with Crippen molar-refractivity contribution in [3.63, 3.8) is 0 Å². The van der Waals surface area contributed by atoms with Gasteiger partial charge < -0.3 is 9.47 Å². The van der Waals surface area contributed by atoms with Gasteiger partial charge in [0.15, 0.2) is 5.06 Å². The molecule has 3 aromatic rings. The molecular formula is C29H39N5O2S. The highest BCUT2D eigenvalue weighted by Gasteiger charge is 2.03. The van der Waals surface area contributed by atoms with Crippen LogP contribution in [-0.4, -0.2) is 18.2 Å². The summed E-state index contributed by atoms with van der Waals surface area (Å²) in [4.78, 5) is 4.28. The SMILES string of the molecule is CCCCCCOc1ccc(N=Nc2ccc(N=Nc3ncc(OCCCCC(C)CC)s3)cc2)cc1. The van der Waals surface area contributed by atoms with Gasteiger partial charge in [0.25, 0.3) is 0 Å². The lowest BCUT2D eigenvalue weighted by Gasteiger charge is -2.07. The van der Waals surface area contributed by atoms with Gasteiger partial charge in [0.2, 0.25) is 5.13 Å². The molecule has 37 heavy (non-hydrogen) atoms. The van der Waals surface area contributed by atoms with Gasteiger partial charge >= 0.3 is 0 Å². The average molecular weight is 522 g/mol. The van der Waals surface area contributed by atoms with Gasteiger partial charge in [-0.1, -0.05) is 64.2 Å². The summed E-state index contributed by atoms with van der Waals surface area (Å²) in [5.74, 6) is 1.65. The summed E-state index contributed by atoms with van der Waals surface area (Å²) >= 11 is 1.40. The predicted molar refractivity (Wildman–Crippen MR) is 152 cm³/mol. The van der Waals surface area contributed by atoms with Crippen molar-refractivity contribution in [1.29, 1.82) is 0 Å². The van der Waals surface area contributed by atoms with Crippen molar-refractivity contribution in [2.24, 2.45) is 26.4 Å². The van der Waals surface area contributed by atoms with Gasteiger partial charge in [-0.3, -0.25) is 0 Å². The Morgan fingerprint density at radius 3 is 1.97 bits per heavy atom. The van der Waals surface area contributed by atoms with Gasteiger partial charge in [0.05, 0.1) is 36.5 Å². The molecule has 0 spiro atoms. The van der Waals surface area contributed by atoms with E-state index < -0.39 is 0 Å². The molecule has 0 aliphatic carbocycles. The number of ether oxygens (including phenoxy) is 2. The van der Waals surface area contributed by atoms with E-state index in [4.69, 9.17) is 9.47 Å². The van der Waals surface area contributed by atoms with Crippen LogP contribution >= 0.6 is 11.3 Å². The topological polar surface area (TPSA) is 80.8 Å². The van der Waals surface area contributed by atoms with E-state index in [-0.39, 0.29) is 0 Å². The van der Waals surface area contributed by atoms with E-state index in [9.17, 15) is 0 Å². The third kappa shape index (κ3) is 11.2. The molecule has 2 aromatic carbocycles. The minimum absolute atomic E-state index is 0.576. The Kier molecular flexibility index (Phi) is 12.7. The minimum Gasteiger partial charge on any atom is -0.494 e. The first-order chi connectivity index (χ1) is 18.2. The van der Waals surface area contributed by atoms with Gasteiger partial charge in [-0.25, -0.2) is 4.98 Å². The lowest BCUT2D eigenvalue weighted by atomic mass is 10.0. The van der Waals surface area contributed by atoms with E-state index in [1.165, 1.54) is 49.9 Å². The Balaban J connectivity index is 1.40. The van der Waals surface area contributed by atoms with Crippen LogP contribution < -0.4 is 9.47 Å². The number of aromatic nitrogens is 1. The maximum atomic E-state index is 5.79. The Bertz CT molecular complexity index is 1080. The van der Waals surface area contributed by atoms with Crippen LogP contribution in [0.25, 0.3) is 0 Å². The second kappa shape index (κ2) is 16.6. The van der Waals surface area contributed by atoms with Crippen molar-refractivity contribution in [3.05, 3.63) is 54.7 Å². The molecule has 0 bridgehead atoms. The molecule has 1 aromatic heterocycles. The zero-order chi connectivity index (χ0) is 26.1. The van der Waals surface area contributed by atoms with E-state index in [1.807, 2.05) is 48.5 Å². The fraction of sp³-hybridized carbons (Fsp3) is 0.483. The molecule has 0 amide bonds. The number of hydrogen-bond donors (Lipinski definition) is 0. The number of benzene rings is 2. The predicted octanol–water partition coefficient (Wildman–Crippen LogP) is 10.5. The number of nitrogens with zero attached hydrogens (tertiary/aromatic N) is 5. The molecular weight excluding hydrogens is 482 g/mol. The second-order valence-corrected chi connectivity index (χ2v) is 10.1. The number of azo groups is 2. The van der Waals surface area contributed by atoms with E-state index in [0.29, 0.717) is 11.7 Å². The third-order valence-electron chi connectivity index (χ3n) is 5.99. The van der Waals surface area contributed by atoms with Crippen molar-refractivity contribution < 1.29 is 9.47 Å². The summed E-state index contributed by atoms with van der Waals surface area (Å²) < 4.78 is 11.6. The highest BCUT2D eigenvalue weighted by Crippen LogP contribution is 2.30. The molecule has 3 rings (SSSR count). The highest BCUT2D eigenvalue weighted by atomic mass is 32.1. The van der Waals surface area contributed by atoms with Gasteiger partial charge in [0.1, 0.15) is 5.75 Å². The maximum absolute atomic E-state index is 5.79. The minimum atomic E-state index is 0.576. The second-order valence-electron chi connectivity index (χ2n) is 9.14. The van der Waals surface area contributed by atoms with Crippen LogP contribution in [0.1, 0.15) is 72.1 Å². The summed E-state index contributed by atoms with van der Waals surface area (Å²) in [5.41, 5.74) is 2.25.